The first kappa shape index (κ1) is 14.3. The van der Waals surface area contributed by atoms with E-state index in [1.54, 1.807) is 12.1 Å². The Morgan fingerprint density at radius 2 is 2.30 bits per heavy atom. The molecular formula is C14H20N4O2. The molecule has 0 unspecified atom stereocenters. The van der Waals surface area contributed by atoms with Crippen LogP contribution in [0.4, 0.5) is 5.69 Å². The molecule has 20 heavy (non-hydrogen) atoms. The van der Waals surface area contributed by atoms with Crippen LogP contribution in [0.15, 0.2) is 18.2 Å². The van der Waals surface area contributed by atoms with Crippen molar-refractivity contribution in [3.05, 3.63) is 23.9 Å². The van der Waals surface area contributed by atoms with Crippen molar-refractivity contribution in [3.8, 4) is 0 Å². The fourth-order valence-corrected chi connectivity index (χ4v) is 1.87. The van der Waals surface area contributed by atoms with Gasteiger partial charge < -0.3 is 15.8 Å². The first-order valence-corrected chi connectivity index (χ1v) is 6.82. The van der Waals surface area contributed by atoms with Gasteiger partial charge in [0, 0.05) is 24.2 Å². The minimum Gasteiger partial charge on any atom is -0.399 e. The summed E-state index contributed by atoms with van der Waals surface area (Å²) < 4.78 is 5.39. The molecule has 0 aliphatic rings. The van der Waals surface area contributed by atoms with Gasteiger partial charge in [0.1, 0.15) is 0 Å². The van der Waals surface area contributed by atoms with Crippen molar-refractivity contribution in [2.24, 2.45) is 0 Å². The third kappa shape index (κ3) is 3.48. The van der Waals surface area contributed by atoms with Crippen molar-refractivity contribution in [3.63, 3.8) is 0 Å². The number of amides is 1. The van der Waals surface area contributed by atoms with E-state index in [0.717, 1.165) is 30.4 Å². The maximum absolute atomic E-state index is 12.0. The van der Waals surface area contributed by atoms with Gasteiger partial charge in [-0.2, -0.15) is 5.10 Å². The summed E-state index contributed by atoms with van der Waals surface area (Å²) in [4.78, 5) is 12.0. The Balaban J connectivity index is 1.89. The van der Waals surface area contributed by atoms with E-state index in [0.29, 0.717) is 24.5 Å². The number of ether oxygens (including phenoxy) is 1. The van der Waals surface area contributed by atoms with Crippen molar-refractivity contribution >= 4 is 22.5 Å². The summed E-state index contributed by atoms with van der Waals surface area (Å²) in [6.07, 6.45) is 2.14. The average Bonchev–Trinajstić information content (AvgIpc) is 2.85. The molecule has 0 saturated heterocycles. The molecule has 1 heterocycles. The second-order valence-corrected chi connectivity index (χ2v) is 4.60. The minimum atomic E-state index is -0.221. The number of nitrogens with zero attached hydrogens (tertiary/aromatic N) is 1. The second kappa shape index (κ2) is 6.91. The highest BCUT2D eigenvalue weighted by molar-refractivity contribution is 6.05. The Bertz CT molecular complexity index is 580. The number of fused-ring (bicyclic) bond motifs is 1. The number of benzene rings is 1. The molecule has 1 amide bonds. The number of nitrogens with two attached hydrogens (primary N) is 1. The van der Waals surface area contributed by atoms with Gasteiger partial charge in [-0.25, -0.2) is 0 Å². The molecule has 0 spiro atoms. The fourth-order valence-electron chi connectivity index (χ4n) is 1.87. The topological polar surface area (TPSA) is 93.0 Å². The summed E-state index contributed by atoms with van der Waals surface area (Å²) in [7, 11) is 0. The largest absolute Gasteiger partial charge is 0.399 e. The summed E-state index contributed by atoms with van der Waals surface area (Å²) in [6.45, 7) is 3.82. The van der Waals surface area contributed by atoms with Crippen LogP contribution >= 0.6 is 0 Å². The Hall–Kier alpha value is -2.08. The molecule has 1 aromatic heterocycles. The number of carbonyl (C=O) groups excluding carboxylic acids is 1. The molecule has 6 nitrogen and oxygen atoms in total. The lowest BCUT2D eigenvalue weighted by Crippen LogP contribution is -2.27. The molecular weight excluding hydrogens is 256 g/mol. The summed E-state index contributed by atoms with van der Waals surface area (Å²) in [5.74, 6) is -0.221. The van der Waals surface area contributed by atoms with E-state index >= 15 is 0 Å². The molecule has 0 fully saturated rings. The first-order chi connectivity index (χ1) is 9.72. The zero-order chi connectivity index (χ0) is 14.4. The van der Waals surface area contributed by atoms with E-state index < -0.39 is 0 Å². The number of anilines is 1. The van der Waals surface area contributed by atoms with Crippen molar-refractivity contribution in [2.75, 3.05) is 25.5 Å². The lowest BCUT2D eigenvalue weighted by molar-refractivity contribution is 0.0909. The van der Waals surface area contributed by atoms with E-state index in [1.807, 2.05) is 6.07 Å². The van der Waals surface area contributed by atoms with Crippen LogP contribution in [0.2, 0.25) is 0 Å². The van der Waals surface area contributed by atoms with Gasteiger partial charge in [0.05, 0.1) is 12.1 Å². The third-order valence-corrected chi connectivity index (χ3v) is 2.98. The summed E-state index contributed by atoms with van der Waals surface area (Å²) in [5, 5.41) is 10.4. The van der Waals surface area contributed by atoms with E-state index in [2.05, 4.69) is 22.4 Å². The van der Waals surface area contributed by atoms with Crippen LogP contribution < -0.4 is 11.1 Å². The highest BCUT2D eigenvalue weighted by Crippen LogP contribution is 2.18. The van der Waals surface area contributed by atoms with Crippen LogP contribution in [0.3, 0.4) is 0 Å². The number of nitrogens with one attached hydrogen (secondary N) is 2. The predicted molar refractivity (Wildman–Crippen MR) is 78.6 cm³/mol. The second-order valence-electron chi connectivity index (χ2n) is 4.60. The lowest BCUT2D eigenvalue weighted by atomic mass is 10.2. The highest BCUT2D eigenvalue weighted by atomic mass is 16.5. The van der Waals surface area contributed by atoms with Gasteiger partial charge in [0.15, 0.2) is 5.69 Å². The van der Waals surface area contributed by atoms with Crippen molar-refractivity contribution < 1.29 is 9.53 Å². The number of H-pyrrole nitrogens is 1. The van der Waals surface area contributed by atoms with Gasteiger partial charge in [-0.05, 0) is 24.6 Å². The van der Waals surface area contributed by atoms with Crippen molar-refractivity contribution in [1.82, 2.24) is 15.5 Å². The van der Waals surface area contributed by atoms with Gasteiger partial charge in [-0.1, -0.05) is 13.3 Å². The third-order valence-electron chi connectivity index (χ3n) is 2.98. The average molecular weight is 276 g/mol. The molecule has 2 aromatic rings. The molecule has 0 aliphatic heterocycles. The van der Waals surface area contributed by atoms with E-state index in [1.165, 1.54) is 0 Å². The van der Waals surface area contributed by atoms with E-state index in [4.69, 9.17) is 10.5 Å². The maximum Gasteiger partial charge on any atom is 0.272 e. The maximum atomic E-state index is 12.0. The SMILES string of the molecule is CCCCOCCNC(=O)c1n[nH]c2ccc(N)cc12. The summed E-state index contributed by atoms with van der Waals surface area (Å²) in [5.41, 5.74) is 7.49. The zero-order valence-corrected chi connectivity index (χ0v) is 11.6. The van der Waals surface area contributed by atoms with Crippen LogP contribution in [0.1, 0.15) is 30.3 Å². The quantitative estimate of drug-likeness (QED) is 0.530. The number of nitrogen functional groups attached to an aromatic ring is 1. The summed E-state index contributed by atoms with van der Waals surface area (Å²) in [6, 6.07) is 5.32. The standard InChI is InChI=1S/C14H20N4O2/c1-2-3-7-20-8-6-16-14(19)13-11-9-10(15)4-5-12(11)17-18-13/h4-5,9H,2-3,6-8,15H2,1H3,(H,16,19)(H,17,18). The minimum absolute atomic E-state index is 0.221. The Kier molecular flexibility index (Phi) is 4.95. The lowest BCUT2D eigenvalue weighted by Gasteiger charge is -2.05. The Labute approximate surface area is 117 Å². The van der Waals surface area contributed by atoms with Crippen molar-refractivity contribution in [1.29, 1.82) is 0 Å². The fraction of sp³-hybridized carbons (Fsp3) is 0.429. The van der Waals surface area contributed by atoms with Crippen molar-refractivity contribution in [2.45, 2.75) is 19.8 Å². The molecule has 0 radical (unpaired) electrons. The van der Waals surface area contributed by atoms with Gasteiger partial charge in [-0.15, -0.1) is 0 Å². The summed E-state index contributed by atoms with van der Waals surface area (Å²) >= 11 is 0. The predicted octanol–water partition coefficient (Wildman–Crippen LogP) is 1.69. The van der Waals surface area contributed by atoms with Gasteiger partial charge >= 0.3 is 0 Å². The number of unbranched alkanes of at least 4 members (excludes halogenated alkanes) is 1. The normalized spacial score (nSPS) is 10.8. The Morgan fingerprint density at radius 3 is 3.10 bits per heavy atom. The highest BCUT2D eigenvalue weighted by Gasteiger charge is 2.13. The van der Waals surface area contributed by atoms with Crippen LogP contribution in [-0.2, 0) is 4.74 Å². The molecule has 4 N–H and O–H groups in total. The molecule has 1 aromatic carbocycles. The zero-order valence-electron chi connectivity index (χ0n) is 11.6. The van der Waals surface area contributed by atoms with Gasteiger partial charge in [0.2, 0.25) is 0 Å². The monoisotopic (exact) mass is 276 g/mol. The molecule has 0 aliphatic carbocycles. The molecule has 0 saturated carbocycles. The van der Waals surface area contributed by atoms with Crippen LogP contribution in [-0.4, -0.2) is 35.9 Å². The molecule has 0 bridgehead atoms. The number of carbonyl (C=O) groups is 1. The Morgan fingerprint density at radius 1 is 1.45 bits per heavy atom. The van der Waals surface area contributed by atoms with E-state index in [9.17, 15) is 4.79 Å². The van der Waals surface area contributed by atoms with Crippen LogP contribution in [0.5, 0.6) is 0 Å². The van der Waals surface area contributed by atoms with Gasteiger partial charge in [-0.3, -0.25) is 9.89 Å². The smallest absolute Gasteiger partial charge is 0.272 e. The number of hydrogen-bond donors (Lipinski definition) is 3. The van der Waals surface area contributed by atoms with E-state index in [-0.39, 0.29) is 5.91 Å². The number of aromatic nitrogens is 2. The molecule has 2 rings (SSSR count). The first-order valence-electron chi connectivity index (χ1n) is 6.82. The van der Waals surface area contributed by atoms with Crippen LogP contribution in [0.25, 0.3) is 10.9 Å². The number of rotatable bonds is 7. The number of hydrogen-bond acceptors (Lipinski definition) is 4. The molecule has 108 valence electrons. The molecule has 0 atom stereocenters. The molecule has 6 heteroatoms. The van der Waals surface area contributed by atoms with Gasteiger partial charge in [0.25, 0.3) is 5.91 Å². The van der Waals surface area contributed by atoms with Crippen LogP contribution in [0, 0.1) is 0 Å². The number of aromatic amines is 1.